The molecule has 2 nitrogen and oxygen atoms in total. The molecule has 72 valence electrons. The van der Waals surface area contributed by atoms with Gasteiger partial charge < -0.3 is 4.74 Å². The molecule has 4 unspecified atom stereocenters. The highest BCUT2D eigenvalue weighted by molar-refractivity contribution is 6.12. The number of rotatable bonds is 0. The molecule has 13 heavy (non-hydrogen) atoms. The van der Waals surface area contributed by atoms with Crippen molar-refractivity contribution in [3.8, 4) is 0 Å². The van der Waals surface area contributed by atoms with E-state index in [0.717, 1.165) is 30.4 Å². The summed E-state index contributed by atoms with van der Waals surface area (Å²) in [6.07, 6.45) is 4.85. The van der Waals surface area contributed by atoms with E-state index in [0.29, 0.717) is 5.41 Å². The minimum atomic E-state index is 0.0569. The minimum absolute atomic E-state index is 0.0569. The summed E-state index contributed by atoms with van der Waals surface area (Å²) in [6.45, 7) is 0.742. The second-order valence-electron chi connectivity index (χ2n) is 5.33. The van der Waals surface area contributed by atoms with Gasteiger partial charge in [-0.1, -0.05) is 12.0 Å². The molecule has 0 N–H and O–H groups in total. The van der Waals surface area contributed by atoms with Crippen molar-refractivity contribution < 1.29 is 9.53 Å². The molecule has 0 aromatic carbocycles. The Bertz CT molecular complexity index is 266. The largest absolute Gasteiger partial charge is 0.465 e. The zero-order valence-electron chi connectivity index (χ0n) is 8.08. The number of cyclic esters (lactones) is 1. The summed E-state index contributed by atoms with van der Waals surface area (Å²) in [5, 5.41) is 0. The number of carbonyl (C=O) groups is 1. The zero-order valence-corrected chi connectivity index (χ0v) is 10.1. The Balaban J connectivity index is 1.90. The minimum Gasteiger partial charge on any atom is -0.465 e. The molecule has 1 saturated heterocycles. The van der Waals surface area contributed by atoms with Crippen molar-refractivity contribution >= 4 is 16.2 Å². The van der Waals surface area contributed by atoms with Crippen LogP contribution in [0.2, 0.25) is 5.54 Å². The van der Waals surface area contributed by atoms with E-state index in [1.54, 1.807) is 0 Å². The van der Waals surface area contributed by atoms with Crippen molar-refractivity contribution in [3.05, 3.63) is 0 Å². The highest BCUT2D eigenvalue weighted by Gasteiger charge is 2.57. The lowest BCUT2D eigenvalue weighted by Gasteiger charge is -2.34. The standard InChI is InChI=1S/C10H16O2Si/c11-9-4-10(5-12-9)3-6-1-7(10)8(13)2-6/h6-8H,1-5H2,13H3. The molecule has 3 rings (SSSR count). The number of fused-ring (bicyclic) bond motifs is 3. The maximum absolute atomic E-state index is 11.2. The third-order valence-electron chi connectivity index (χ3n) is 4.48. The van der Waals surface area contributed by atoms with Gasteiger partial charge in [0.1, 0.15) is 0 Å². The maximum atomic E-state index is 11.2. The molecule has 2 saturated carbocycles. The quantitative estimate of drug-likeness (QED) is 0.417. The molecule has 2 bridgehead atoms. The molecular formula is C10H16O2Si. The van der Waals surface area contributed by atoms with E-state index in [9.17, 15) is 4.79 Å². The lowest BCUT2D eigenvalue weighted by Crippen LogP contribution is -2.31. The molecule has 1 aliphatic heterocycles. The number of hydrogen-bond acceptors (Lipinski definition) is 2. The van der Waals surface area contributed by atoms with Gasteiger partial charge in [0.15, 0.2) is 0 Å². The van der Waals surface area contributed by atoms with Crippen molar-refractivity contribution in [1.82, 2.24) is 0 Å². The highest BCUT2D eigenvalue weighted by Crippen LogP contribution is 2.63. The Hall–Kier alpha value is -0.313. The lowest BCUT2D eigenvalue weighted by atomic mass is 9.72. The fourth-order valence-corrected chi connectivity index (χ4v) is 5.75. The van der Waals surface area contributed by atoms with Crippen LogP contribution in [0.4, 0.5) is 0 Å². The van der Waals surface area contributed by atoms with Crippen molar-refractivity contribution in [2.24, 2.45) is 17.3 Å². The second kappa shape index (κ2) is 2.38. The van der Waals surface area contributed by atoms with Gasteiger partial charge in [-0.2, -0.15) is 0 Å². The number of esters is 1. The normalized spacial score (nSPS) is 53.5. The zero-order chi connectivity index (χ0) is 9.05. The fraction of sp³-hybridized carbons (Fsp3) is 0.900. The van der Waals surface area contributed by atoms with E-state index >= 15 is 0 Å². The summed E-state index contributed by atoms with van der Waals surface area (Å²) in [5.74, 6) is 1.83. The predicted molar refractivity (Wildman–Crippen MR) is 52.5 cm³/mol. The Kier molecular flexibility index (Phi) is 1.47. The van der Waals surface area contributed by atoms with Crippen molar-refractivity contribution in [2.45, 2.75) is 31.2 Å². The monoisotopic (exact) mass is 196 g/mol. The molecular weight excluding hydrogens is 180 g/mol. The number of carbonyl (C=O) groups excluding carboxylic acids is 1. The first-order valence-corrected chi connectivity index (χ1v) is 6.51. The average Bonchev–Trinajstić information content (AvgIpc) is 2.66. The van der Waals surface area contributed by atoms with E-state index in [2.05, 4.69) is 0 Å². The van der Waals surface area contributed by atoms with Crippen LogP contribution < -0.4 is 0 Å². The Morgan fingerprint density at radius 3 is 2.85 bits per heavy atom. The summed E-state index contributed by atoms with van der Waals surface area (Å²) < 4.78 is 5.17. The van der Waals surface area contributed by atoms with Crippen LogP contribution in [0.1, 0.15) is 25.7 Å². The van der Waals surface area contributed by atoms with Crippen LogP contribution in [-0.2, 0) is 9.53 Å². The van der Waals surface area contributed by atoms with Crippen LogP contribution in [0.15, 0.2) is 0 Å². The first-order valence-electron chi connectivity index (χ1n) is 5.35. The Morgan fingerprint density at radius 2 is 2.31 bits per heavy atom. The fourth-order valence-electron chi connectivity index (χ4n) is 4.11. The molecule has 0 radical (unpaired) electrons. The molecule has 2 aliphatic carbocycles. The smallest absolute Gasteiger partial charge is 0.306 e. The molecule has 0 aromatic heterocycles. The van der Waals surface area contributed by atoms with Crippen LogP contribution in [0.5, 0.6) is 0 Å². The molecule has 0 amide bonds. The summed E-state index contributed by atoms with van der Waals surface area (Å²) >= 11 is 0. The third-order valence-corrected chi connectivity index (χ3v) is 5.75. The molecule has 3 fully saturated rings. The van der Waals surface area contributed by atoms with Gasteiger partial charge in [0.25, 0.3) is 0 Å². The van der Waals surface area contributed by atoms with Crippen LogP contribution >= 0.6 is 0 Å². The van der Waals surface area contributed by atoms with Gasteiger partial charge >= 0.3 is 5.97 Å². The van der Waals surface area contributed by atoms with Crippen LogP contribution in [0.25, 0.3) is 0 Å². The molecule has 4 atom stereocenters. The lowest BCUT2D eigenvalue weighted by molar-refractivity contribution is -0.137. The van der Waals surface area contributed by atoms with E-state index in [-0.39, 0.29) is 5.97 Å². The first kappa shape index (κ1) is 8.03. The average molecular weight is 196 g/mol. The summed E-state index contributed by atoms with van der Waals surface area (Å²) in [7, 11) is 1.31. The van der Waals surface area contributed by atoms with Crippen molar-refractivity contribution in [1.29, 1.82) is 0 Å². The molecule has 1 heterocycles. The first-order chi connectivity index (χ1) is 6.20. The molecule has 3 heteroatoms. The second-order valence-corrected chi connectivity index (χ2v) is 6.81. The number of ether oxygens (including phenoxy) is 1. The van der Waals surface area contributed by atoms with Crippen LogP contribution in [-0.4, -0.2) is 22.8 Å². The summed E-state index contributed by atoms with van der Waals surface area (Å²) in [4.78, 5) is 11.2. The van der Waals surface area contributed by atoms with Gasteiger partial charge in [-0.15, -0.1) is 0 Å². The summed E-state index contributed by atoms with van der Waals surface area (Å²) in [6, 6.07) is 0. The SMILES string of the molecule is O=C1CC2(CO1)CC1CC([SiH3])C2C1. The van der Waals surface area contributed by atoms with E-state index in [4.69, 9.17) is 4.74 Å². The van der Waals surface area contributed by atoms with Crippen LogP contribution in [0, 0.1) is 17.3 Å². The van der Waals surface area contributed by atoms with E-state index < -0.39 is 0 Å². The van der Waals surface area contributed by atoms with Crippen LogP contribution in [0.3, 0.4) is 0 Å². The van der Waals surface area contributed by atoms with Crippen molar-refractivity contribution in [2.75, 3.05) is 6.61 Å². The Morgan fingerprint density at radius 1 is 1.46 bits per heavy atom. The van der Waals surface area contributed by atoms with Crippen molar-refractivity contribution in [3.63, 3.8) is 0 Å². The predicted octanol–water partition coefficient (Wildman–Crippen LogP) is 0.503. The molecule has 1 spiro atoms. The third kappa shape index (κ3) is 0.966. The van der Waals surface area contributed by atoms with Gasteiger partial charge in [-0.3, -0.25) is 4.79 Å². The summed E-state index contributed by atoms with van der Waals surface area (Å²) in [5.41, 5.74) is 1.28. The van der Waals surface area contributed by atoms with E-state index in [1.165, 1.54) is 29.5 Å². The topological polar surface area (TPSA) is 26.3 Å². The van der Waals surface area contributed by atoms with Gasteiger partial charge in [-0.25, -0.2) is 0 Å². The maximum Gasteiger partial charge on any atom is 0.306 e. The molecule has 3 aliphatic rings. The van der Waals surface area contributed by atoms with Gasteiger partial charge in [-0.05, 0) is 24.7 Å². The highest BCUT2D eigenvalue weighted by atomic mass is 28.1. The number of hydrogen-bond donors (Lipinski definition) is 0. The Labute approximate surface area is 81.5 Å². The van der Waals surface area contributed by atoms with Gasteiger partial charge in [0.05, 0.1) is 13.0 Å². The van der Waals surface area contributed by atoms with Gasteiger partial charge in [0.2, 0.25) is 0 Å². The van der Waals surface area contributed by atoms with E-state index in [1.807, 2.05) is 0 Å². The molecule has 0 aromatic rings. The van der Waals surface area contributed by atoms with Gasteiger partial charge in [0, 0.05) is 15.7 Å².